The van der Waals surface area contributed by atoms with Crippen LogP contribution in [-0.2, 0) is 6.42 Å². The van der Waals surface area contributed by atoms with E-state index in [1.807, 2.05) is 37.3 Å². The standard InChI is InChI=1S/C22H24N4O2S2/c1-5-12(2)11-16-13(3)29-21-17(16)18(27)23-22(24-21)30-14(4)19-25-26-20(28-19)15-9-7-6-8-10-15/h6-10,12,14H,5,11H2,1-4H3,(H,23,24,27)/t12-,14+/m0/s1. The minimum Gasteiger partial charge on any atom is -0.419 e. The van der Waals surface area contributed by atoms with Crippen molar-refractivity contribution in [3.05, 3.63) is 57.0 Å². The van der Waals surface area contributed by atoms with Crippen LogP contribution in [0.25, 0.3) is 21.7 Å². The van der Waals surface area contributed by atoms with Crippen molar-refractivity contribution in [3.8, 4) is 11.5 Å². The number of thioether (sulfide) groups is 1. The van der Waals surface area contributed by atoms with E-state index in [1.54, 1.807) is 11.3 Å². The predicted octanol–water partition coefficient (Wildman–Crippen LogP) is 5.78. The van der Waals surface area contributed by atoms with Crippen molar-refractivity contribution in [1.82, 2.24) is 20.2 Å². The van der Waals surface area contributed by atoms with Gasteiger partial charge in [0.05, 0.1) is 10.6 Å². The van der Waals surface area contributed by atoms with Gasteiger partial charge in [0.1, 0.15) is 4.83 Å². The van der Waals surface area contributed by atoms with E-state index in [1.165, 1.54) is 16.6 Å². The Hall–Kier alpha value is -2.45. The molecule has 0 aliphatic rings. The quantitative estimate of drug-likeness (QED) is 0.289. The minimum absolute atomic E-state index is 0.0761. The number of aryl methyl sites for hydroxylation is 1. The Morgan fingerprint density at radius 1 is 1.20 bits per heavy atom. The lowest BCUT2D eigenvalue weighted by atomic mass is 9.98. The average molecular weight is 441 g/mol. The lowest BCUT2D eigenvalue weighted by Gasteiger charge is -2.08. The molecule has 6 nitrogen and oxygen atoms in total. The Morgan fingerprint density at radius 3 is 2.70 bits per heavy atom. The first kappa shape index (κ1) is 20.8. The highest BCUT2D eigenvalue weighted by Crippen LogP contribution is 2.35. The van der Waals surface area contributed by atoms with E-state index in [0.29, 0.717) is 22.9 Å². The van der Waals surface area contributed by atoms with Gasteiger partial charge in [-0.05, 0) is 43.9 Å². The summed E-state index contributed by atoms with van der Waals surface area (Å²) in [6, 6.07) is 9.66. The fraction of sp³-hybridized carbons (Fsp3) is 0.364. The van der Waals surface area contributed by atoms with Gasteiger partial charge in [0.15, 0.2) is 5.16 Å². The summed E-state index contributed by atoms with van der Waals surface area (Å²) in [5.41, 5.74) is 1.93. The summed E-state index contributed by atoms with van der Waals surface area (Å²) >= 11 is 3.00. The van der Waals surface area contributed by atoms with Gasteiger partial charge in [-0.25, -0.2) is 4.98 Å². The zero-order valence-corrected chi connectivity index (χ0v) is 19.1. The third kappa shape index (κ3) is 4.20. The second-order valence-corrected chi connectivity index (χ2v) is 10.0. The highest BCUT2D eigenvalue weighted by molar-refractivity contribution is 7.99. The zero-order chi connectivity index (χ0) is 21.3. The molecule has 3 heterocycles. The molecule has 0 aliphatic carbocycles. The van der Waals surface area contributed by atoms with Crippen LogP contribution in [0.5, 0.6) is 0 Å². The molecular formula is C22H24N4O2S2. The summed E-state index contributed by atoms with van der Waals surface area (Å²) in [6.45, 7) is 8.42. The topological polar surface area (TPSA) is 84.7 Å². The van der Waals surface area contributed by atoms with Crippen molar-refractivity contribution in [3.63, 3.8) is 0 Å². The van der Waals surface area contributed by atoms with Crippen molar-refractivity contribution in [2.24, 2.45) is 5.92 Å². The molecule has 0 amide bonds. The molecule has 0 aliphatic heterocycles. The van der Waals surface area contributed by atoms with Crippen LogP contribution in [-0.4, -0.2) is 20.2 Å². The predicted molar refractivity (Wildman–Crippen MR) is 122 cm³/mol. The highest BCUT2D eigenvalue weighted by Gasteiger charge is 2.20. The van der Waals surface area contributed by atoms with Crippen LogP contribution >= 0.6 is 23.1 Å². The number of aromatic nitrogens is 4. The van der Waals surface area contributed by atoms with Crippen molar-refractivity contribution < 1.29 is 4.42 Å². The molecule has 4 aromatic rings. The molecular weight excluding hydrogens is 416 g/mol. The molecule has 1 aromatic carbocycles. The van der Waals surface area contributed by atoms with E-state index < -0.39 is 0 Å². The molecule has 0 saturated heterocycles. The van der Waals surface area contributed by atoms with Gasteiger partial charge >= 0.3 is 0 Å². The van der Waals surface area contributed by atoms with E-state index >= 15 is 0 Å². The summed E-state index contributed by atoms with van der Waals surface area (Å²) in [7, 11) is 0. The van der Waals surface area contributed by atoms with Crippen molar-refractivity contribution in [1.29, 1.82) is 0 Å². The monoisotopic (exact) mass is 440 g/mol. The Labute approximate surface area is 183 Å². The second kappa shape index (κ2) is 8.73. The number of rotatable bonds is 7. The van der Waals surface area contributed by atoms with Crippen LogP contribution in [0.4, 0.5) is 0 Å². The number of thiophene rings is 1. The molecule has 0 bridgehead atoms. The van der Waals surface area contributed by atoms with Crippen molar-refractivity contribution >= 4 is 33.3 Å². The summed E-state index contributed by atoms with van der Waals surface area (Å²) < 4.78 is 5.84. The largest absolute Gasteiger partial charge is 0.419 e. The highest BCUT2D eigenvalue weighted by atomic mass is 32.2. The fourth-order valence-corrected chi connectivity index (χ4v) is 5.20. The van der Waals surface area contributed by atoms with E-state index in [2.05, 4.69) is 36.0 Å². The number of hydrogen-bond acceptors (Lipinski definition) is 7. The minimum atomic E-state index is -0.142. The van der Waals surface area contributed by atoms with Gasteiger partial charge in [-0.3, -0.25) is 4.79 Å². The fourth-order valence-electron chi connectivity index (χ4n) is 3.26. The first-order valence-electron chi connectivity index (χ1n) is 10.0. The van der Waals surface area contributed by atoms with Gasteiger partial charge in [-0.1, -0.05) is 50.2 Å². The van der Waals surface area contributed by atoms with Gasteiger partial charge in [0, 0.05) is 10.4 Å². The Balaban J connectivity index is 1.58. The summed E-state index contributed by atoms with van der Waals surface area (Å²) in [6.07, 6.45) is 1.99. The van der Waals surface area contributed by atoms with Crippen LogP contribution in [0.3, 0.4) is 0 Å². The van der Waals surface area contributed by atoms with Gasteiger partial charge in [0.25, 0.3) is 5.56 Å². The van der Waals surface area contributed by atoms with Crippen LogP contribution in [0, 0.1) is 12.8 Å². The number of benzene rings is 1. The number of nitrogens with one attached hydrogen (secondary N) is 1. The molecule has 0 radical (unpaired) electrons. The van der Waals surface area contributed by atoms with Crippen molar-refractivity contribution in [2.45, 2.75) is 50.9 Å². The summed E-state index contributed by atoms with van der Waals surface area (Å²) in [4.78, 5) is 22.5. The van der Waals surface area contributed by atoms with Crippen LogP contribution in [0.2, 0.25) is 0 Å². The van der Waals surface area contributed by atoms with Crippen LogP contribution in [0.15, 0.2) is 44.7 Å². The number of hydrogen-bond donors (Lipinski definition) is 1. The van der Waals surface area contributed by atoms with Crippen LogP contribution < -0.4 is 5.56 Å². The molecule has 1 N–H and O–H groups in total. The maximum absolute atomic E-state index is 12.9. The normalized spacial score (nSPS) is 13.6. The third-order valence-electron chi connectivity index (χ3n) is 5.19. The molecule has 0 saturated carbocycles. The molecule has 156 valence electrons. The Morgan fingerprint density at radius 2 is 1.97 bits per heavy atom. The molecule has 8 heteroatoms. The van der Waals surface area contributed by atoms with Gasteiger partial charge < -0.3 is 9.40 Å². The maximum Gasteiger partial charge on any atom is 0.260 e. The zero-order valence-electron chi connectivity index (χ0n) is 17.4. The van der Waals surface area contributed by atoms with E-state index in [0.717, 1.165) is 34.2 Å². The van der Waals surface area contributed by atoms with Crippen LogP contribution in [0.1, 0.15) is 48.8 Å². The first-order valence-corrected chi connectivity index (χ1v) is 11.7. The molecule has 0 spiro atoms. The third-order valence-corrected chi connectivity index (χ3v) is 7.20. The second-order valence-electron chi connectivity index (χ2n) is 7.48. The van der Waals surface area contributed by atoms with Crippen molar-refractivity contribution in [2.75, 3.05) is 0 Å². The molecule has 3 aromatic heterocycles. The van der Waals surface area contributed by atoms with Gasteiger partial charge in [-0.2, -0.15) is 0 Å². The lowest BCUT2D eigenvalue weighted by molar-refractivity contribution is 0.509. The number of nitrogens with zero attached hydrogens (tertiary/aromatic N) is 3. The lowest BCUT2D eigenvalue weighted by Crippen LogP contribution is -2.11. The first-order chi connectivity index (χ1) is 14.5. The SMILES string of the molecule is CC[C@H](C)Cc1c(C)sc2nc(S[C@H](C)c3nnc(-c4ccccc4)o3)[nH]c(=O)c12. The molecule has 2 atom stereocenters. The van der Waals surface area contributed by atoms with E-state index in [-0.39, 0.29) is 10.8 Å². The Kier molecular flexibility index (Phi) is 6.06. The number of fused-ring (bicyclic) bond motifs is 1. The number of aromatic amines is 1. The Bertz CT molecular complexity index is 1210. The van der Waals surface area contributed by atoms with Gasteiger partial charge in [-0.15, -0.1) is 21.5 Å². The molecule has 30 heavy (non-hydrogen) atoms. The summed E-state index contributed by atoms with van der Waals surface area (Å²) in [5.74, 6) is 1.52. The molecule has 0 fully saturated rings. The smallest absolute Gasteiger partial charge is 0.260 e. The van der Waals surface area contributed by atoms with Gasteiger partial charge in [0.2, 0.25) is 11.8 Å². The molecule has 0 unspecified atom stereocenters. The van der Waals surface area contributed by atoms with E-state index in [4.69, 9.17) is 9.40 Å². The number of H-pyrrole nitrogens is 1. The van der Waals surface area contributed by atoms with E-state index in [9.17, 15) is 4.79 Å². The average Bonchev–Trinajstić information content (AvgIpc) is 3.34. The maximum atomic E-state index is 12.9. The summed E-state index contributed by atoms with van der Waals surface area (Å²) in [5, 5.41) is 9.48. The molecule has 4 rings (SSSR count).